The molecule has 1 aliphatic carbocycles. The summed E-state index contributed by atoms with van der Waals surface area (Å²) in [4.78, 5) is 0. The van der Waals surface area contributed by atoms with E-state index in [2.05, 4.69) is 26.0 Å². The van der Waals surface area contributed by atoms with Crippen LogP contribution in [0.3, 0.4) is 0 Å². The zero-order chi connectivity index (χ0) is 15.5. The van der Waals surface area contributed by atoms with Gasteiger partial charge in [-0.2, -0.15) is 15.8 Å². The van der Waals surface area contributed by atoms with Crippen molar-refractivity contribution in [3.63, 3.8) is 0 Å². The van der Waals surface area contributed by atoms with E-state index in [-0.39, 0.29) is 23.1 Å². The van der Waals surface area contributed by atoms with E-state index in [9.17, 15) is 15.8 Å². The molecule has 0 saturated heterocycles. The molecule has 0 amide bonds. The van der Waals surface area contributed by atoms with Gasteiger partial charge in [-0.15, -0.1) is 0 Å². The van der Waals surface area contributed by atoms with Crippen LogP contribution < -0.4 is 5.73 Å². The Hall–Kier alpha value is -2.25. The highest BCUT2D eigenvalue weighted by atomic mass is 14.7. The van der Waals surface area contributed by atoms with E-state index in [1.807, 2.05) is 19.9 Å². The van der Waals surface area contributed by atoms with Crippen molar-refractivity contribution in [3.05, 3.63) is 22.9 Å². The quantitative estimate of drug-likeness (QED) is 0.850. The lowest BCUT2D eigenvalue weighted by molar-refractivity contribution is 0.319. The van der Waals surface area contributed by atoms with Crippen molar-refractivity contribution < 1.29 is 0 Å². The molecule has 0 radical (unpaired) electrons. The molecule has 2 N–H and O–H groups in total. The molecule has 0 bridgehead atoms. The molecule has 0 fully saturated rings. The van der Waals surface area contributed by atoms with Gasteiger partial charge in [0.15, 0.2) is 5.41 Å². The molecule has 0 aromatic rings. The van der Waals surface area contributed by atoms with Gasteiger partial charge in [0, 0.05) is 5.92 Å². The van der Waals surface area contributed by atoms with E-state index >= 15 is 0 Å². The Morgan fingerprint density at radius 1 is 1.20 bits per heavy atom. The number of nitriles is 3. The van der Waals surface area contributed by atoms with Crippen LogP contribution in [0.4, 0.5) is 0 Å². The molecular formula is C16H20N4. The molecule has 104 valence electrons. The number of hydrogen-bond acceptors (Lipinski definition) is 4. The smallest absolute Gasteiger partial charge is 0.190 e. The Bertz CT molecular complexity index is 559. The maximum Gasteiger partial charge on any atom is 0.190 e. The van der Waals surface area contributed by atoms with Crippen molar-refractivity contribution in [2.24, 2.45) is 28.9 Å². The van der Waals surface area contributed by atoms with Gasteiger partial charge in [-0.25, -0.2) is 0 Å². The molecule has 0 aromatic heterocycles. The highest BCUT2D eigenvalue weighted by Gasteiger charge is 2.48. The predicted octanol–water partition coefficient (Wildman–Crippen LogP) is 3.01. The molecule has 1 aliphatic rings. The first-order chi connectivity index (χ1) is 9.33. The van der Waals surface area contributed by atoms with Gasteiger partial charge < -0.3 is 5.73 Å². The third-order valence-electron chi connectivity index (χ3n) is 3.80. The first-order valence-corrected chi connectivity index (χ1v) is 6.78. The molecule has 0 saturated carbocycles. The second kappa shape index (κ2) is 5.81. The van der Waals surface area contributed by atoms with Gasteiger partial charge in [-0.1, -0.05) is 33.3 Å². The Kier molecular flexibility index (Phi) is 4.59. The fraction of sp³-hybridized carbons (Fsp3) is 0.562. The van der Waals surface area contributed by atoms with Gasteiger partial charge in [-0.3, -0.25) is 0 Å². The highest BCUT2D eigenvalue weighted by Crippen LogP contribution is 2.47. The van der Waals surface area contributed by atoms with Crippen molar-refractivity contribution in [1.82, 2.24) is 0 Å². The topological polar surface area (TPSA) is 97.4 Å². The average molecular weight is 268 g/mol. The monoisotopic (exact) mass is 268 g/mol. The minimum Gasteiger partial charge on any atom is -0.399 e. The normalized spacial score (nSPS) is 21.1. The van der Waals surface area contributed by atoms with E-state index < -0.39 is 5.41 Å². The number of rotatable bonds is 3. The first kappa shape index (κ1) is 15.8. The van der Waals surface area contributed by atoms with Crippen LogP contribution in [-0.2, 0) is 0 Å². The lowest BCUT2D eigenvalue weighted by Gasteiger charge is -2.37. The van der Waals surface area contributed by atoms with Crippen molar-refractivity contribution in [2.75, 3.05) is 0 Å². The summed E-state index contributed by atoms with van der Waals surface area (Å²) in [7, 11) is 0. The predicted molar refractivity (Wildman–Crippen MR) is 76.4 cm³/mol. The van der Waals surface area contributed by atoms with Crippen molar-refractivity contribution in [1.29, 1.82) is 15.8 Å². The van der Waals surface area contributed by atoms with Gasteiger partial charge in [-0.05, 0) is 24.3 Å². The SMILES string of the molecule is CC(C)CC1C(C(C)C)=CC(C#N)=C(N)C1(C#N)C#N. The third kappa shape index (κ3) is 2.40. The van der Waals surface area contributed by atoms with Crippen LogP contribution in [0, 0.1) is 57.2 Å². The van der Waals surface area contributed by atoms with Crippen molar-refractivity contribution in [3.8, 4) is 18.2 Å². The molecule has 20 heavy (non-hydrogen) atoms. The van der Waals surface area contributed by atoms with Crippen LogP contribution in [0.15, 0.2) is 22.9 Å². The molecular weight excluding hydrogens is 248 g/mol. The van der Waals surface area contributed by atoms with Crippen LogP contribution in [0.25, 0.3) is 0 Å². The van der Waals surface area contributed by atoms with Crippen LogP contribution in [-0.4, -0.2) is 0 Å². The van der Waals surface area contributed by atoms with E-state index in [1.165, 1.54) is 0 Å². The summed E-state index contributed by atoms with van der Waals surface area (Å²) in [5.41, 5.74) is 5.87. The number of allylic oxidation sites excluding steroid dienone is 4. The summed E-state index contributed by atoms with van der Waals surface area (Å²) in [6.07, 6.45) is 2.46. The fourth-order valence-electron chi connectivity index (χ4n) is 2.74. The molecule has 0 spiro atoms. The molecule has 1 rings (SSSR count). The largest absolute Gasteiger partial charge is 0.399 e. The summed E-state index contributed by atoms with van der Waals surface area (Å²) >= 11 is 0. The minimum atomic E-state index is -1.43. The zero-order valence-electron chi connectivity index (χ0n) is 12.4. The summed E-state index contributed by atoms with van der Waals surface area (Å²) in [5, 5.41) is 28.4. The van der Waals surface area contributed by atoms with Crippen LogP contribution in [0.1, 0.15) is 34.1 Å². The van der Waals surface area contributed by atoms with Gasteiger partial charge in [0.2, 0.25) is 0 Å². The molecule has 0 aliphatic heterocycles. The van der Waals surface area contributed by atoms with E-state index in [4.69, 9.17) is 5.73 Å². The number of nitrogens with zero attached hydrogens (tertiary/aromatic N) is 3. The van der Waals surface area contributed by atoms with Gasteiger partial charge in [0.1, 0.15) is 6.07 Å². The third-order valence-corrected chi connectivity index (χ3v) is 3.80. The standard InChI is InChI=1S/C16H20N4/c1-10(2)5-14-13(11(3)4)6-12(7-17)15(20)16(14,8-18)9-19/h6,10-11,14H,5,20H2,1-4H3. The maximum absolute atomic E-state index is 9.58. The van der Waals surface area contributed by atoms with E-state index in [0.717, 1.165) is 5.57 Å². The van der Waals surface area contributed by atoms with Gasteiger partial charge in [0.25, 0.3) is 0 Å². The molecule has 4 heteroatoms. The maximum atomic E-state index is 9.58. The number of nitrogens with two attached hydrogens (primary N) is 1. The average Bonchev–Trinajstić information content (AvgIpc) is 2.39. The van der Waals surface area contributed by atoms with Gasteiger partial charge >= 0.3 is 0 Å². The molecule has 4 nitrogen and oxygen atoms in total. The molecule has 0 aromatic carbocycles. The fourth-order valence-corrected chi connectivity index (χ4v) is 2.74. The second-order valence-corrected chi connectivity index (χ2v) is 5.95. The minimum absolute atomic E-state index is 0.0973. The molecule has 0 heterocycles. The second-order valence-electron chi connectivity index (χ2n) is 5.95. The van der Waals surface area contributed by atoms with E-state index in [1.54, 1.807) is 6.08 Å². The zero-order valence-corrected chi connectivity index (χ0v) is 12.4. The molecule has 1 unspecified atom stereocenters. The summed E-state index contributed by atoms with van der Waals surface area (Å²) in [6.45, 7) is 8.12. The molecule has 1 atom stereocenters. The lowest BCUT2D eigenvalue weighted by atomic mass is 9.62. The van der Waals surface area contributed by atoms with Crippen molar-refractivity contribution in [2.45, 2.75) is 34.1 Å². The lowest BCUT2D eigenvalue weighted by Crippen LogP contribution is -2.39. The van der Waals surface area contributed by atoms with Crippen LogP contribution in [0.2, 0.25) is 0 Å². The Labute approximate surface area is 120 Å². The van der Waals surface area contributed by atoms with Gasteiger partial charge in [0.05, 0.1) is 23.4 Å². The van der Waals surface area contributed by atoms with Crippen molar-refractivity contribution >= 4 is 0 Å². The number of hydrogen-bond donors (Lipinski definition) is 1. The first-order valence-electron chi connectivity index (χ1n) is 6.78. The summed E-state index contributed by atoms with van der Waals surface area (Å²) in [5.74, 6) is 0.241. The summed E-state index contributed by atoms with van der Waals surface area (Å²) < 4.78 is 0. The van der Waals surface area contributed by atoms with Crippen LogP contribution >= 0.6 is 0 Å². The Morgan fingerprint density at radius 2 is 1.75 bits per heavy atom. The van der Waals surface area contributed by atoms with Crippen LogP contribution in [0.5, 0.6) is 0 Å². The summed E-state index contributed by atoms with van der Waals surface area (Å²) in [6, 6.07) is 6.18. The van der Waals surface area contributed by atoms with E-state index in [0.29, 0.717) is 12.3 Å². The Balaban J connectivity index is 3.58. The highest BCUT2D eigenvalue weighted by molar-refractivity contribution is 5.53. The Morgan fingerprint density at radius 3 is 2.10 bits per heavy atom.